The Labute approximate surface area is 102 Å². The van der Waals surface area contributed by atoms with Crippen molar-refractivity contribution >= 4 is 23.2 Å². The Balaban J connectivity index is 2.66. The fourth-order valence-electron chi connectivity index (χ4n) is 1.40. The first-order valence-corrected chi connectivity index (χ1v) is 6.03. The number of aldehydes is 1. The Hall–Kier alpha value is -1.23. The SMILES string of the molecule is CC(=O)SCC(C=O)Cc1cc(F)cc(F)c1. The molecule has 0 heterocycles. The van der Waals surface area contributed by atoms with E-state index in [0.717, 1.165) is 17.8 Å². The number of halogens is 2. The quantitative estimate of drug-likeness (QED) is 0.761. The van der Waals surface area contributed by atoms with Gasteiger partial charge in [0, 0.05) is 24.7 Å². The predicted octanol–water partition coefficient (Wildman–Crippen LogP) is 2.60. The van der Waals surface area contributed by atoms with Crippen LogP contribution in [0.1, 0.15) is 12.5 Å². The molecular formula is C12H12F2O2S. The Morgan fingerprint density at radius 2 is 1.94 bits per heavy atom. The Bertz CT molecular complexity index is 401. The van der Waals surface area contributed by atoms with Crippen molar-refractivity contribution in [3.63, 3.8) is 0 Å². The summed E-state index contributed by atoms with van der Waals surface area (Å²) >= 11 is 1.03. The van der Waals surface area contributed by atoms with E-state index in [-0.39, 0.29) is 11.5 Å². The second-order valence-electron chi connectivity index (χ2n) is 3.68. The van der Waals surface area contributed by atoms with Crippen LogP contribution in [0.25, 0.3) is 0 Å². The maximum Gasteiger partial charge on any atom is 0.185 e. The fourth-order valence-corrected chi connectivity index (χ4v) is 2.05. The van der Waals surface area contributed by atoms with Crippen LogP contribution in [0.15, 0.2) is 18.2 Å². The van der Waals surface area contributed by atoms with E-state index in [4.69, 9.17) is 0 Å². The number of thioether (sulfide) groups is 1. The first-order valence-electron chi connectivity index (χ1n) is 5.05. The summed E-state index contributed by atoms with van der Waals surface area (Å²) in [6, 6.07) is 3.17. The maximum atomic E-state index is 12.9. The van der Waals surface area contributed by atoms with Crippen molar-refractivity contribution in [2.45, 2.75) is 13.3 Å². The van der Waals surface area contributed by atoms with Crippen LogP contribution in [0.2, 0.25) is 0 Å². The molecule has 0 bridgehead atoms. The Kier molecular flexibility index (Phi) is 5.28. The molecular weight excluding hydrogens is 246 g/mol. The van der Waals surface area contributed by atoms with Gasteiger partial charge in [0.25, 0.3) is 0 Å². The second kappa shape index (κ2) is 6.49. The van der Waals surface area contributed by atoms with Gasteiger partial charge in [-0.3, -0.25) is 4.79 Å². The number of rotatable bonds is 5. The lowest BCUT2D eigenvalue weighted by Gasteiger charge is -2.09. The third-order valence-corrected chi connectivity index (χ3v) is 3.11. The van der Waals surface area contributed by atoms with E-state index in [1.165, 1.54) is 19.1 Å². The third kappa shape index (κ3) is 5.08. The zero-order valence-electron chi connectivity index (χ0n) is 9.28. The number of carbonyl (C=O) groups is 2. The second-order valence-corrected chi connectivity index (χ2v) is 4.88. The molecule has 0 radical (unpaired) electrons. The predicted molar refractivity (Wildman–Crippen MR) is 62.8 cm³/mol. The van der Waals surface area contributed by atoms with E-state index < -0.39 is 17.6 Å². The summed E-state index contributed by atoms with van der Waals surface area (Å²) in [6.45, 7) is 1.41. The van der Waals surface area contributed by atoms with Crippen LogP contribution in [0.3, 0.4) is 0 Å². The van der Waals surface area contributed by atoms with Crippen molar-refractivity contribution in [2.75, 3.05) is 5.75 Å². The van der Waals surface area contributed by atoms with Gasteiger partial charge >= 0.3 is 0 Å². The first kappa shape index (κ1) is 13.8. The normalized spacial score (nSPS) is 12.2. The van der Waals surface area contributed by atoms with Crippen LogP contribution in [0.5, 0.6) is 0 Å². The summed E-state index contributed by atoms with van der Waals surface area (Å²) in [4.78, 5) is 21.5. The molecule has 0 aliphatic rings. The Morgan fingerprint density at radius 3 is 2.41 bits per heavy atom. The molecule has 1 aromatic rings. The summed E-state index contributed by atoms with van der Waals surface area (Å²) in [5.74, 6) is -1.41. The maximum absolute atomic E-state index is 12.9. The van der Waals surface area contributed by atoms with Gasteiger partial charge in [-0.1, -0.05) is 11.8 Å². The summed E-state index contributed by atoms with van der Waals surface area (Å²) in [6.07, 6.45) is 0.942. The van der Waals surface area contributed by atoms with Gasteiger partial charge in [-0.2, -0.15) is 0 Å². The molecule has 0 fully saturated rings. The molecule has 0 N–H and O–H groups in total. The van der Waals surface area contributed by atoms with Gasteiger partial charge < -0.3 is 4.79 Å². The zero-order valence-corrected chi connectivity index (χ0v) is 10.1. The van der Waals surface area contributed by atoms with Gasteiger partial charge in [0.2, 0.25) is 0 Å². The summed E-state index contributed by atoms with van der Waals surface area (Å²) in [7, 11) is 0. The monoisotopic (exact) mass is 258 g/mol. The number of hydrogen-bond acceptors (Lipinski definition) is 3. The van der Waals surface area contributed by atoms with Gasteiger partial charge in [-0.15, -0.1) is 0 Å². The van der Waals surface area contributed by atoms with Crippen molar-refractivity contribution < 1.29 is 18.4 Å². The minimum absolute atomic E-state index is 0.0812. The molecule has 1 aromatic carbocycles. The lowest BCUT2D eigenvalue weighted by atomic mass is 10.0. The van der Waals surface area contributed by atoms with E-state index in [1.54, 1.807) is 0 Å². The highest BCUT2D eigenvalue weighted by Crippen LogP contribution is 2.16. The van der Waals surface area contributed by atoms with Gasteiger partial charge in [0.05, 0.1) is 0 Å². The van der Waals surface area contributed by atoms with Crippen molar-refractivity contribution in [1.29, 1.82) is 0 Å². The molecule has 0 saturated heterocycles. The summed E-state index contributed by atoms with van der Waals surface area (Å²) in [5.41, 5.74) is 0.420. The van der Waals surface area contributed by atoms with Crippen LogP contribution in [-0.2, 0) is 16.0 Å². The Morgan fingerprint density at radius 1 is 1.35 bits per heavy atom. The molecule has 92 valence electrons. The molecule has 0 aliphatic carbocycles. The number of hydrogen-bond donors (Lipinski definition) is 0. The lowest BCUT2D eigenvalue weighted by molar-refractivity contribution is -0.110. The van der Waals surface area contributed by atoms with Gasteiger partial charge in [-0.25, -0.2) is 8.78 Å². The minimum Gasteiger partial charge on any atom is -0.303 e. The molecule has 0 aliphatic heterocycles. The average Bonchev–Trinajstić information content (AvgIpc) is 2.22. The van der Waals surface area contributed by atoms with E-state index in [9.17, 15) is 18.4 Å². The van der Waals surface area contributed by atoms with Crippen molar-refractivity contribution in [3.8, 4) is 0 Å². The van der Waals surface area contributed by atoms with E-state index in [1.807, 2.05) is 0 Å². The lowest BCUT2D eigenvalue weighted by Crippen LogP contribution is -2.10. The first-order chi connectivity index (χ1) is 8.01. The molecule has 0 aromatic heterocycles. The fraction of sp³-hybridized carbons (Fsp3) is 0.333. The van der Waals surface area contributed by atoms with Crippen LogP contribution in [-0.4, -0.2) is 17.2 Å². The van der Waals surface area contributed by atoms with Crippen molar-refractivity contribution in [1.82, 2.24) is 0 Å². The highest BCUT2D eigenvalue weighted by atomic mass is 32.2. The number of carbonyl (C=O) groups excluding carboxylic acids is 2. The van der Waals surface area contributed by atoms with Crippen LogP contribution in [0, 0.1) is 17.6 Å². The molecule has 5 heteroatoms. The summed E-state index contributed by atoms with van der Waals surface area (Å²) < 4.78 is 25.8. The molecule has 0 spiro atoms. The third-order valence-electron chi connectivity index (χ3n) is 2.11. The van der Waals surface area contributed by atoms with Crippen LogP contribution in [0.4, 0.5) is 8.78 Å². The minimum atomic E-state index is -0.663. The van der Waals surface area contributed by atoms with Crippen LogP contribution >= 0.6 is 11.8 Å². The molecule has 1 atom stereocenters. The number of benzene rings is 1. The summed E-state index contributed by atoms with van der Waals surface area (Å²) in [5, 5.41) is -0.0812. The molecule has 17 heavy (non-hydrogen) atoms. The van der Waals surface area contributed by atoms with Crippen LogP contribution < -0.4 is 0 Å². The topological polar surface area (TPSA) is 34.1 Å². The highest BCUT2D eigenvalue weighted by Gasteiger charge is 2.11. The molecule has 0 saturated carbocycles. The molecule has 1 rings (SSSR count). The highest BCUT2D eigenvalue weighted by molar-refractivity contribution is 8.13. The van der Waals surface area contributed by atoms with Crippen molar-refractivity contribution in [2.24, 2.45) is 5.92 Å². The molecule has 1 unspecified atom stereocenters. The molecule has 0 amide bonds. The average molecular weight is 258 g/mol. The van der Waals surface area contributed by atoms with E-state index in [2.05, 4.69) is 0 Å². The largest absolute Gasteiger partial charge is 0.303 e. The van der Waals surface area contributed by atoms with Gasteiger partial charge in [-0.05, 0) is 24.1 Å². The van der Waals surface area contributed by atoms with Crippen molar-refractivity contribution in [3.05, 3.63) is 35.4 Å². The standard InChI is InChI=1S/C12H12F2O2S/c1-8(16)17-7-10(6-15)2-9-3-11(13)5-12(14)4-9/h3-6,10H,2,7H2,1H3. The molecule has 2 nitrogen and oxygen atoms in total. The van der Waals surface area contributed by atoms with Gasteiger partial charge in [0.15, 0.2) is 5.12 Å². The van der Waals surface area contributed by atoms with E-state index in [0.29, 0.717) is 17.6 Å². The zero-order chi connectivity index (χ0) is 12.8. The smallest absolute Gasteiger partial charge is 0.185 e. The van der Waals surface area contributed by atoms with Gasteiger partial charge in [0.1, 0.15) is 17.9 Å². The van der Waals surface area contributed by atoms with E-state index >= 15 is 0 Å².